The molecule has 0 aliphatic carbocycles. The number of aliphatic hydroxyl groups excluding tert-OH is 1. The lowest BCUT2D eigenvalue weighted by molar-refractivity contribution is -0.350. The van der Waals surface area contributed by atoms with Gasteiger partial charge in [0, 0.05) is 24.7 Å². The normalized spacial score (nSPS) is 32.3. The molecule has 0 amide bonds. The first-order valence-corrected chi connectivity index (χ1v) is 22.0. The van der Waals surface area contributed by atoms with E-state index in [1.165, 1.54) is 0 Å². The summed E-state index contributed by atoms with van der Waals surface area (Å²) in [5.74, 6) is -0.132. The van der Waals surface area contributed by atoms with Gasteiger partial charge < -0.3 is 23.4 Å². The fourth-order valence-corrected chi connectivity index (χ4v) is 8.47. The zero-order valence-corrected chi connectivity index (χ0v) is 31.4. The van der Waals surface area contributed by atoms with Crippen molar-refractivity contribution in [3.8, 4) is 0 Å². The Morgan fingerprint density at radius 1 is 0.976 bits per heavy atom. The van der Waals surface area contributed by atoms with Gasteiger partial charge in [-0.15, -0.1) is 6.58 Å². The van der Waals surface area contributed by atoms with Crippen LogP contribution >= 0.6 is 0 Å². The molecule has 0 unspecified atom stereocenters. The molecule has 2 rings (SSSR count). The third kappa shape index (κ3) is 9.12. The SMILES string of the molecule is C=C[C@H](C)[C@H](O)/C(C)=C/C[C@@H]1C[C@H](O[Si](C)(C)C(C)(C)C)C[C@]2(C[C@H](O[Si](C)(C)C(C)(C)C)[C@H](C)[C@@H](C(C)C)O2)O1. The van der Waals surface area contributed by atoms with Gasteiger partial charge in [-0.3, -0.25) is 0 Å². The van der Waals surface area contributed by atoms with Gasteiger partial charge in [-0.25, -0.2) is 0 Å². The molecular formula is C34H66O5Si2. The fourth-order valence-electron chi connectivity index (χ4n) is 5.69. The molecule has 0 aromatic carbocycles. The lowest BCUT2D eigenvalue weighted by Gasteiger charge is -2.55. The van der Waals surface area contributed by atoms with Crippen LogP contribution in [0.1, 0.15) is 102 Å². The molecule has 1 spiro atoms. The Kier molecular flexibility index (Phi) is 12.0. The third-order valence-electron chi connectivity index (χ3n) is 10.6. The van der Waals surface area contributed by atoms with Gasteiger partial charge >= 0.3 is 0 Å². The molecule has 5 nitrogen and oxygen atoms in total. The monoisotopic (exact) mass is 610 g/mol. The van der Waals surface area contributed by atoms with E-state index in [2.05, 4.69) is 101 Å². The summed E-state index contributed by atoms with van der Waals surface area (Å²) < 4.78 is 28.3. The van der Waals surface area contributed by atoms with Gasteiger partial charge in [0.05, 0.1) is 30.5 Å². The molecule has 41 heavy (non-hydrogen) atoms. The van der Waals surface area contributed by atoms with Crippen LogP contribution in [0.3, 0.4) is 0 Å². The van der Waals surface area contributed by atoms with Crippen LogP contribution in [0.2, 0.25) is 36.3 Å². The maximum absolute atomic E-state index is 10.7. The molecule has 240 valence electrons. The average Bonchev–Trinajstić information content (AvgIpc) is 2.81. The van der Waals surface area contributed by atoms with Crippen LogP contribution < -0.4 is 0 Å². The first-order chi connectivity index (χ1) is 18.4. The highest BCUT2D eigenvalue weighted by Gasteiger charge is 2.55. The summed E-state index contributed by atoms with van der Waals surface area (Å²) in [6.45, 7) is 37.9. The molecule has 2 aliphatic rings. The van der Waals surface area contributed by atoms with E-state index < -0.39 is 28.5 Å². The molecule has 8 atom stereocenters. The number of hydrogen-bond acceptors (Lipinski definition) is 5. The topological polar surface area (TPSA) is 57.2 Å². The van der Waals surface area contributed by atoms with Crippen LogP contribution in [0.15, 0.2) is 24.3 Å². The molecule has 2 fully saturated rings. The first-order valence-electron chi connectivity index (χ1n) is 16.1. The summed E-state index contributed by atoms with van der Waals surface area (Å²) in [4.78, 5) is 0. The van der Waals surface area contributed by atoms with Gasteiger partial charge in [-0.2, -0.15) is 0 Å². The van der Waals surface area contributed by atoms with Gasteiger partial charge in [-0.1, -0.05) is 81.4 Å². The van der Waals surface area contributed by atoms with Crippen molar-refractivity contribution in [3.63, 3.8) is 0 Å². The highest BCUT2D eigenvalue weighted by Crippen LogP contribution is 2.49. The van der Waals surface area contributed by atoms with Gasteiger partial charge in [-0.05, 0) is 67.5 Å². The number of rotatable bonds is 10. The van der Waals surface area contributed by atoms with Crippen molar-refractivity contribution in [1.82, 2.24) is 0 Å². The number of aliphatic hydroxyl groups is 1. The van der Waals surface area contributed by atoms with Crippen molar-refractivity contribution in [1.29, 1.82) is 0 Å². The Morgan fingerprint density at radius 2 is 1.51 bits per heavy atom. The Balaban J connectivity index is 2.48. The van der Waals surface area contributed by atoms with Gasteiger partial charge in [0.1, 0.15) is 0 Å². The van der Waals surface area contributed by atoms with Gasteiger partial charge in [0.2, 0.25) is 0 Å². The molecule has 0 bridgehead atoms. The molecule has 1 N–H and O–H groups in total. The predicted octanol–water partition coefficient (Wildman–Crippen LogP) is 9.24. The summed E-state index contributed by atoms with van der Waals surface area (Å²) >= 11 is 0. The largest absolute Gasteiger partial charge is 0.414 e. The molecule has 2 saturated heterocycles. The predicted molar refractivity (Wildman–Crippen MR) is 178 cm³/mol. The highest BCUT2D eigenvalue weighted by atomic mass is 28.4. The van der Waals surface area contributed by atoms with Gasteiger partial charge in [0.15, 0.2) is 22.4 Å². The smallest absolute Gasteiger partial charge is 0.192 e. The first kappa shape index (κ1) is 36.9. The van der Waals surface area contributed by atoms with E-state index in [4.69, 9.17) is 18.3 Å². The summed E-state index contributed by atoms with van der Waals surface area (Å²) in [5, 5.41) is 11.0. The Morgan fingerprint density at radius 3 is 2.00 bits per heavy atom. The highest BCUT2D eigenvalue weighted by molar-refractivity contribution is 6.74. The fraction of sp³-hybridized carbons (Fsp3) is 0.882. The number of hydrogen-bond donors (Lipinski definition) is 1. The van der Waals surface area contributed by atoms with E-state index in [9.17, 15) is 5.11 Å². The molecule has 2 heterocycles. The van der Waals surface area contributed by atoms with E-state index in [1.807, 2.05) is 19.9 Å². The van der Waals surface area contributed by atoms with Crippen molar-refractivity contribution >= 4 is 16.6 Å². The minimum Gasteiger partial charge on any atom is -0.414 e. The molecule has 0 aromatic rings. The van der Waals surface area contributed by atoms with Crippen LogP contribution in [0, 0.1) is 17.8 Å². The van der Waals surface area contributed by atoms with Crippen molar-refractivity contribution < 1.29 is 23.4 Å². The quantitative estimate of drug-likeness (QED) is 0.197. The lowest BCUT2D eigenvalue weighted by atomic mass is 9.81. The standard InChI is InChI=1S/C34H66O5Si2/c1-17-24(4)30(35)25(5)18-19-27-20-28(38-40(13,14)32(7,8)9)21-34(36-27)22-29(26(6)31(37-34)23(2)3)39-41(15,16)33(10,11)12/h17-18,23-24,26-31,35H,1,19-22H2,2-16H3/b25-18+/t24-,26-,27+,28-,29-,30-,31+,34-/m0/s1. The maximum Gasteiger partial charge on any atom is 0.192 e. The van der Waals surface area contributed by atoms with Crippen molar-refractivity contribution in [2.45, 2.75) is 174 Å². The van der Waals surface area contributed by atoms with Crippen molar-refractivity contribution in [3.05, 3.63) is 24.3 Å². The minimum atomic E-state index is -2.02. The summed E-state index contributed by atoms with van der Waals surface area (Å²) in [6, 6.07) is 0. The second-order valence-electron chi connectivity index (χ2n) is 16.6. The maximum atomic E-state index is 10.7. The van der Waals surface area contributed by atoms with E-state index in [0.29, 0.717) is 12.3 Å². The Labute approximate surface area is 256 Å². The zero-order chi connectivity index (χ0) is 31.8. The summed E-state index contributed by atoms with van der Waals surface area (Å²) in [5.41, 5.74) is 0.958. The van der Waals surface area contributed by atoms with Crippen LogP contribution in [0.4, 0.5) is 0 Å². The summed E-state index contributed by atoms with van der Waals surface area (Å²) in [6.07, 6.45) is 6.49. The van der Waals surface area contributed by atoms with E-state index >= 15 is 0 Å². The van der Waals surface area contributed by atoms with E-state index in [-0.39, 0.29) is 46.3 Å². The van der Waals surface area contributed by atoms with Crippen LogP contribution in [-0.2, 0) is 18.3 Å². The molecule has 2 aliphatic heterocycles. The zero-order valence-electron chi connectivity index (χ0n) is 29.4. The van der Waals surface area contributed by atoms with Crippen molar-refractivity contribution in [2.75, 3.05) is 0 Å². The Bertz CT molecular complexity index is 900. The van der Waals surface area contributed by atoms with Crippen LogP contribution in [0.25, 0.3) is 0 Å². The summed E-state index contributed by atoms with van der Waals surface area (Å²) in [7, 11) is -4.03. The lowest BCUT2D eigenvalue weighted by Crippen LogP contribution is -2.61. The van der Waals surface area contributed by atoms with Crippen molar-refractivity contribution in [2.24, 2.45) is 17.8 Å². The average molecular weight is 611 g/mol. The van der Waals surface area contributed by atoms with Crippen LogP contribution in [0.5, 0.6) is 0 Å². The minimum absolute atomic E-state index is 0.00254. The van der Waals surface area contributed by atoms with E-state index in [0.717, 1.165) is 24.8 Å². The molecule has 7 heteroatoms. The molecule has 0 saturated carbocycles. The number of ether oxygens (including phenoxy) is 2. The molecule has 0 aromatic heterocycles. The Hall–Kier alpha value is -0.286. The molecule has 0 radical (unpaired) electrons. The third-order valence-corrected chi connectivity index (χ3v) is 19.7. The van der Waals surface area contributed by atoms with E-state index in [1.54, 1.807) is 0 Å². The van der Waals surface area contributed by atoms with Gasteiger partial charge in [0.25, 0.3) is 0 Å². The second-order valence-corrected chi connectivity index (χ2v) is 26.1. The second kappa shape index (κ2) is 13.4. The molecular weight excluding hydrogens is 545 g/mol. The van der Waals surface area contributed by atoms with Crippen LogP contribution in [-0.4, -0.2) is 58.0 Å².